The van der Waals surface area contributed by atoms with E-state index in [1.807, 2.05) is 0 Å². The highest BCUT2D eigenvalue weighted by Crippen LogP contribution is 2.44. The topological polar surface area (TPSA) is 92.9 Å². The molecule has 0 radical (unpaired) electrons. The Morgan fingerprint density at radius 2 is 2.00 bits per heavy atom. The Morgan fingerprint density at radius 1 is 1.26 bits per heavy atom. The van der Waals surface area contributed by atoms with Crippen LogP contribution >= 0.6 is 0 Å². The molecule has 0 unspecified atom stereocenters. The number of aromatic hydroxyl groups is 1. The maximum atomic E-state index is 12.8. The molecule has 0 spiro atoms. The molecule has 0 fully saturated rings. The van der Waals surface area contributed by atoms with Crippen molar-refractivity contribution >= 4 is 11.7 Å². The fourth-order valence-corrected chi connectivity index (χ4v) is 3.44. The van der Waals surface area contributed by atoms with Gasteiger partial charge in [-0.1, -0.05) is 31.1 Å². The number of rotatable bonds is 1. The van der Waals surface area contributed by atoms with Crippen molar-refractivity contribution in [1.29, 1.82) is 0 Å². The van der Waals surface area contributed by atoms with Gasteiger partial charge in [0.25, 0.3) is 0 Å². The Labute approximate surface area is 133 Å². The van der Waals surface area contributed by atoms with E-state index in [0.717, 1.165) is 23.3 Å². The van der Waals surface area contributed by atoms with Crippen LogP contribution in [0.5, 0.6) is 5.75 Å². The van der Waals surface area contributed by atoms with Gasteiger partial charge in [0.2, 0.25) is 5.95 Å². The number of anilines is 1. The Hall–Kier alpha value is -2.70. The highest BCUT2D eigenvalue weighted by Gasteiger charge is 2.41. The van der Waals surface area contributed by atoms with Crippen molar-refractivity contribution in [3.05, 3.63) is 41.1 Å². The van der Waals surface area contributed by atoms with Crippen LogP contribution in [-0.4, -0.2) is 31.1 Å². The van der Waals surface area contributed by atoms with Crippen molar-refractivity contribution < 1.29 is 9.90 Å². The third-order valence-electron chi connectivity index (χ3n) is 4.40. The summed E-state index contributed by atoms with van der Waals surface area (Å²) in [6.07, 6.45) is 1.27. The summed E-state index contributed by atoms with van der Waals surface area (Å²) in [4.78, 5) is 12.8. The normalized spacial score (nSPS) is 22.3. The van der Waals surface area contributed by atoms with Gasteiger partial charge in [-0.15, -0.1) is 0 Å². The first-order valence-corrected chi connectivity index (χ1v) is 7.55. The second-order valence-corrected chi connectivity index (χ2v) is 6.90. The number of tetrazole rings is 1. The van der Waals surface area contributed by atoms with Crippen LogP contribution in [0, 0.1) is 5.41 Å². The summed E-state index contributed by atoms with van der Waals surface area (Å²) in [5.74, 6) is 0.834. The minimum absolute atomic E-state index is 0.0853. The molecular formula is C16H17N5O2. The number of benzene rings is 1. The van der Waals surface area contributed by atoms with Crippen LogP contribution in [0.1, 0.15) is 38.3 Å². The van der Waals surface area contributed by atoms with Crippen LogP contribution in [0.3, 0.4) is 0 Å². The molecule has 4 rings (SSSR count). The van der Waals surface area contributed by atoms with Gasteiger partial charge >= 0.3 is 0 Å². The van der Waals surface area contributed by atoms with Crippen LogP contribution < -0.4 is 5.32 Å². The van der Waals surface area contributed by atoms with Crippen molar-refractivity contribution in [3.63, 3.8) is 0 Å². The van der Waals surface area contributed by atoms with E-state index >= 15 is 0 Å². The number of phenolic OH excluding ortho intramolecular Hbond substituents is 1. The van der Waals surface area contributed by atoms with Crippen LogP contribution in [0.4, 0.5) is 5.95 Å². The van der Waals surface area contributed by atoms with Crippen LogP contribution in [0.2, 0.25) is 0 Å². The number of phenols is 1. The number of carbonyl (C=O) groups is 1. The number of aromatic nitrogens is 4. The molecule has 2 aliphatic rings. The van der Waals surface area contributed by atoms with Gasteiger partial charge in [0.15, 0.2) is 5.78 Å². The number of allylic oxidation sites excluding steroid dienone is 2. The summed E-state index contributed by atoms with van der Waals surface area (Å²) in [5.41, 5.74) is 2.40. The molecule has 7 heteroatoms. The Morgan fingerprint density at radius 3 is 2.74 bits per heavy atom. The zero-order valence-electron chi connectivity index (χ0n) is 12.9. The quantitative estimate of drug-likeness (QED) is 0.837. The number of hydrogen-bond acceptors (Lipinski definition) is 6. The summed E-state index contributed by atoms with van der Waals surface area (Å²) in [6, 6.07) is 6.46. The molecule has 118 valence electrons. The molecule has 2 N–H and O–H groups in total. The number of nitrogens with zero attached hydrogens (tertiary/aromatic N) is 4. The van der Waals surface area contributed by atoms with E-state index in [0.29, 0.717) is 12.4 Å². The van der Waals surface area contributed by atoms with Gasteiger partial charge in [0.1, 0.15) is 11.8 Å². The van der Waals surface area contributed by atoms with Crippen LogP contribution in [-0.2, 0) is 4.79 Å². The maximum Gasteiger partial charge on any atom is 0.248 e. The van der Waals surface area contributed by atoms with Crippen LogP contribution in [0.15, 0.2) is 35.5 Å². The monoisotopic (exact) mass is 311 g/mol. The Balaban J connectivity index is 1.89. The molecule has 2 aromatic rings. The molecule has 0 saturated heterocycles. The third kappa shape index (κ3) is 2.19. The Kier molecular flexibility index (Phi) is 2.81. The molecule has 1 atom stereocenters. The van der Waals surface area contributed by atoms with E-state index < -0.39 is 0 Å². The van der Waals surface area contributed by atoms with Gasteiger partial charge in [0.05, 0.1) is 0 Å². The molecule has 7 nitrogen and oxygen atoms in total. The Bertz CT molecular complexity index is 819. The first-order valence-electron chi connectivity index (χ1n) is 7.55. The zero-order valence-corrected chi connectivity index (χ0v) is 12.9. The second-order valence-electron chi connectivity index (χ2n) is 6.90. The minimum Gasteiger partial charge on any atom is -0.508 e. The summed E-state index contributed by atoms with van der Waals surface area (Å²) in [5, 5.41) is 24.5. The molecule has 2 heterocycles. The van der Waals surface area contributed by atoms with Crippen molar-refractivity contribution in [2.45, 2.75) is 32.7 Å². The fourth-order valence-electron chi connectivity index (χ4n) is 3.44. The van der Waals surface area contributed by atoms with Gasteiger partial charge in [-0.2, -0.15) is 4.68 Å². The first-order chi connectivity index (χ1) is 10.9. The van der Waals surface area contributed by atoms with Crippen molar-refractivity contribution in [1.82, 2.24) is 20.2 Å². The lowest BCUT2D eigenvalue weighted by atomic mass is 9.73. The second kappa shape index (κ2) is 4.65. The largest absolute Gasteiger partial charge is 0.508 e. The molecule has 0 saturated carbocycles. The van der Waals surface area contributed by atoms with Gasteiger partial charge in [0, 0.05) is 17.7 Å². The van der Waals surface area contributed by atoms with E-state index in [4.69, 9.17) is 0 Å². The van der Waals surface area contributed by atoms with E-state index in [-0.39, 0.29) is 23.0 Å². The van der Waals surface area contributed by atoms with E-state index in [1.54, 1.807) is 28.9 Å². The van der Waals surface area contributed by atoms with Crippen LogP contribution in [0.25, 0.3) is 0 Å². The summed E-state index contributed by atoms with van der Waals surface area (Å²) >= 11 is 0. The third-order valence-corrected chi connectivity index (χ3v) is 4.40. The SMILES string of the molecule is CC1(C)CC(=O)C2=C(C1)Nc1nnnn1[C@@H]2c1ccc(O)cc1. The van der Waals surface area contributed by atoms with Crippen molar-refractivity contribution in [3.8, 4) is 5.75 Å². The van der Waals surface area contributed by atoms with Crippen molar-refractivity contribution in [2.24, 2.45) is 5.41 Å². The minimum atomic E-state index is -0.361. The van der Waals surface area contributed by atoms with Crippen molar-refractivity contribution in [2.75, 3.05) is 5.32 Å². The first kappa shape index (κ1) is 13.9. The molecule has 23 heavy (non-hydrogen) atoms. The molecule has 0 bridgehead atoms. The van der Waals surface area contributed by atoms with E-state index in [2.05, 4.69) is 34.7 Å². The molecular weight excluding hydrogens is 294 g/mol. The molecule has 1 aromatic heterocycles. The lowest BCUT2D eigenvalue weighted by molar-refractivity contribution is -0.118. The molecule has 1 aromatic carbocycles. The summed E-state index contributed by atoms with van der Waals surface area (Å²) in [7, 11) is 0. The highest BCUT2D eigenvalue weighted by molar-refractivity contribution is 6.00. The summed E-state index contributed by atoms with van der Waals surface area (Å²) < 4.78 is 1.63. The standard InChI is InChI=1S/C16H17N5O2/c1-16(2)7-11-13(12(23)8-16)14(9-3-5-10(22)6-4-9)21-15(17-11)18-19-20-21/h3-6,14,22H,7-8H2,1-2H3,(H,17,18,20)/t14-/m1/s1. The van der Waals surface area contributed by atoms with Gasteiger partial charge in [-0.3, -0.25) is 4.79 Å². The number of fused-ring (bicyclic) bond motifs is 1. The average Bonchev–Trinajstić information content (AvgIpc) is 2.92. The van der Waals surface area contributed by atoms with Gasteiger partial charge < -0.3 is 10.4 Å². The predicted octanol–water partition coefficient (Wildman–Crippen LogP) is 2.04. The lowest BCUT2D eigenvalue weighted by Gasteiger charge is -2.37. The molecule has 0 amide bonds. The maximum absolute atomic E-state index is 12.8. The van der Waals surface area contributed by atoms with Gasteiger partial charge in [-0.05, 0) is 40.0 Å². The number of ketones is 1. The fraction of sp³-hybridized carbons (Fsp3) is 0.375. The smallest absolute Gasteiger partial charge is 0.248 e. The predicted molar refractivity (Wildman–Crippen MR) is 82.7 cm³/mol. The number of carbonyl (C=O) groups excluding carboxylic acids is 1. The number of nitrogens with one attached hydrogen (secondary N) is 1. The molecule has 1 aliphatic carbocycles. The number of hydrogen-bond donors (Lipinski definition) is 2. The van der Waals surface area contributed by atoms with Gasteiger partial charge in [-0.25, -0.2) is 0 Å². The lowest BCUT2D eigenvalue weighted by Crippen LogP contribution is -2.36. The summed E-state index contributed by atoms with van der Waals surface area (Å²) in [6.45, 7) is 4.17. The number of Topliss-reactive ketones (excluding diaryl/α,β-unsaturated/α-hetero) is 1. The highest BCUT2D eigenvalue weighted by atomic mass is 16.3. The van der Waals surface area contributed by atoms with E-state index in [9.17, 15) is 9.90 Å². The zero-order chi connectivity index (χ0) is 16.2. The molecule has 1 aliphatic heterocycles. The average molecular weight is 311 g/mol. The van der Waals surface area contributed by atoms with E-state index in [1.165, 1.54) is 0 Å².